The molecule has 2 aromatic rings. The van der Waals surface area contributed by atoms with E-state index in [2.05, 4.69) is 21.2 Å². The molecule has 0 aliphatic carbocycles. The van der Waals surface area contributed by atoms with Gasteiger partial charge in [-0.25, -0.2) is 8.42 Å². The number of hydrogen-bond donors (Lipinski definition) is 1. The van der Waals surface area contributed by atoms with Crippen LogP contribution in [0.2, 0.25) is 0 Å². The van der Waals surface area contributed by atoms with E-state index in [1.54, 1.807) is 42.5 Å². The molecule has 0 unspecified atom stereocenters. The van der Waals surface area contributed by atoms with E-state index >= 15 is 0 Å². The first-order chi connectivity index (χ1) is 11.5. The molecule has 0 radical (unpaired) electrons. The third-order valence-electron chi connectivity index (χ3n) is 3.85. The van der Waals surface area contributed by atoms with Crippen molar-refractivity contribution in [1.82, 2.24) is 0 Å². The Hall–Kier alpha value is -1.86. The maximum absolute atomic E-state index is 12.2. The van der Waals surface area contributed by atoms with Gasteiger partial charge in [0.2, 0.25) is 10.0 Å². The van der Waals surface area contributed by atoms with Crippen molar-refractivity contribution in [3.8, 4) is 0 Å². The van der Waals surface area contributed by atoms with Gasteiger partial charge in [0.1, 0.15) is 0 Å². The van der Waals surface area contributed by atoms with E-state index in [1.807, 2.05) is 6.07 Å². The van der Waals surface area contributed by atoms with Gasteiger partial charge in [0, 0.05) is 22.3 Å². The van der Waals surface area contributed by atoms with E-state index in [0.29, 0.717) is 29.9 Å². The minimum Gasteiger partial charge on any atom is -0.322 e. The van der Waals surface area contributed by atoms with Crippen LogP contribution >= 0.6 is 15.9 Å². The molecule has 1 saturated heterocycles. The molecule has 7 heteroatoms. The first kappa shape index (κ1) is 17.0. The smallest absolute Gasteiger partial charge is 0.255 e. The Bertz CT molecular complexity index is 850. The van der Waals surface area contributed by atoms with Crippen molar-refractivity contribution in [1.29, 1.82) is 0 Å². The zero-order valence-electron chi connectivity index (χ0n) is 12.9. The average Bonchev–Trinajstić information content (AvgIpc) is 2.55. The van der Waals surface area contributed by atoms with E-state index in [9.17, 15) is 13.2 Å². The van der Waals surface area contributed by atoms with Crippen LogP contribution in [0.5, 0.6) is 0 Å². The minimum absolute atomic E-state index is 0.189. The molecule has 2 aromatic carbocycles. The van der Waals surface area contributed by atoms with Crippen LogP contribution in [-0.4, -0.2) is 26.6 Å². The molecule has 0 spiro atoms. The van der Waals surface area contributed by atoms with Gasteiger partial charge in [-0.05, 0) is 55.3 Å². The highest BCUT2D eigenvalue weighted by molar-refractivity contribution is 9.10. The summed E-state index contributed by atoms with van der Waals surface area (Å²) in [6.45, 7) is 0.506. The number of nitrogens with one attached hydrogen (secondary N) is 1. The van der Waals surface area contributed by atoms with E-state index in [4.69, 9.17) is 0 Å². The summed E-state index contributed by atoms with van der Waals surface area (Å²) >= 11 is 3.34. The normalized spacial score (nSPS) is 16.6. The van der Waals surface area contributed by atoms with Gasteiger partial charge < -0.3 is 5.32 Å². The second-order valence-electron chi connectivity index (χ2n) is 5.61. The maximum Gasteiger partial charge on any atom is 0.255 e. The number of benzene rings is 2. The van der Waals surface area contributed by atoms with Crippen molar-refractivity contribution < 1.29 is 13.2 Å². The van der Waals surface area contributed by atoms with Gasteiger partial charge in [0.05, 0.1) is 11.4 Å². The lowest BCUT2D eigenvalue weighted by molar-refractivity contribution is 0.102. The summed E-state index contributed by atoms with van der Waals surface area (Å²) in [7, 11) is -3.22. The summed E-state index contributed by atoms with van der Waals surface area (Å²) in [4.78, 5) is 12.2. The highest BCUT2D eigenvalue weighted by atomic mass is 79.9. The van der Waals surface area contributed by atoms with Crippen LogP contribution in [0, 0.1) is 0 Å². The van der Waals surface area contributed by atoms with E-state index in [1.165, 1.54) is 4.31 Å². The van der Waals surface area contributed by atoms with Crippen molar-refractivity contribution in [2.45, 2.75) is 12.8 Å². The summed E-state index contributed by atoms with van der Waals surface area (Å²) in [6.07, 6.45) is 1.57. The molecule has 0 bridgehead atoms. The van der Waals surface area contributed by atoms with Gasteiger partial charge in [-0.15, -0.1) is 0 Å². The minimum atomic E-state index is -3.22. The lowest BCUT2D eigenvalue weighted by atomic mass is 10.2. The van der Waals surface area contributed by atoms with E-state index < -0.39 is 10.0 Å². The summed E-state index contributed by atoms with van der Waals surface area (Å²) < 4.78 is 26.5. The van der Waals surface area contributed by atoms with Crippen LogP contribution in [0.4, 0.5) is 11.4 Å². The molecule has 0 saturated carbocycles. The molecule has 1 aliphatic heterocycles. The number of nitrogens with zero attached hydrogens (tertiary/aromatic N) is 1. The van der Waals surface area contributed by atoms with Gasteiger partial charge in [-0.2, -0.15) is 0 Å². The quantitative estimate of drug-likeness (QED) is 0.842. The van der Waals surface area contributed by atoms with Gasteiger partial charge in [-0.3, -0.25) is 9.10 Å². The first-order valence-corrected chi connectivity index (χ1v) is 10.0. The molecular weight excluding hydrogens is 392 g/mol. The Morgan fingerprint density at radius 1 is 1.08 bits per heavy atom. The van der Waals surface area contributed by atoms with Crippen LogP contribution in [0.3, 0.4) is 0 Å². The Kier molecular flexibility index (Phi) is 4.91. The van der Waals surface area contributed by atoms with Crippen LogP contribution in [0.25, 0.3) is 0 Å². The molecule has 1 amide bonds. The number of sulfonamides is 1. The maximum atomic E-state index is 12.2. The Morgan fingerprint density at radius 2 is 1.83 bits per heavy atom. The van der Waals surface area contributed by atoms with Crippen LogP contribution in [0.15, 0.2) is 53.0 Å². The molecule has 1 N–H and O–H groups in total. The van der Waals surface area contributed by atoms with Gasteiger partial charge >= 0.3 is 0 Å². The lowest BCUT2D eigenvalue weighted by Crippen LogP contribution is -2.37. The molecular formula is C17H17BrN2O3S. The highest BCUT2D eigenvalue weighted by Crippen LogP contribution is 2.25. The third-order valence-corrected chi connectivity index (χ3v) is 6.21. The fourth-order valence-electron chi connectivity index (χ4n) is 2.62. The van der Waals surface area contributed by atoms with Gasteiger partial charge in [-0.1, -0.05) is 22.0 Å². The Morgan fingerprint density at radius 3 is 2.50 bits per heavy atom. The first-order valence-electron chi connectivity index (χ1n) is 7.63. The number of halogens is 1. The highest BCUT2D eigenvalue weighted by Gasteiger charge is 2.25. The zero-order chi connectivity index (χ0) is 17.2. The molecule has 0 atom stereocenters. The van der Waals surface area contributed by atoms with Crippen LogP contribution < -0.4 is 9.62 Å². The molecule has 1 fully saturated rings. The lowest BCUT2D eigenvalue weighted by Gasteiger charge is -2.28. The molecule has 1 heterocycles. The van der Waals surface area contributed by atoms with Crippen molar-refractivity contribution >= 4 is 43.2 Å². The van der Waals surface area contributed by atoms with E-state index in [-0.39, 0.29) is 11.7 Å². The molecule has 0 aromatic heterocycles. The molecule has 3 rings (SSSR count). The van der Waals surface area contributed by atoms with Crippen molar-refractivity contribution in [2.75, 3.05) is 21.9 Å². The molecule has 24 heavy (non-hydrogen) atoms. The van der Waals surface area contributed by atoms with Crippen LogP contribution in [0.1, 0.15) is 23.2 Å². The number of anilines is 2. The van der Waals surface area contributed by atoms with Crippen molar-refractivity contribution in [2.24, 2.45) is 0 Å². The topological polar surface area (TPSA) is 66.5 Å². The monoisotopic (exact) mass is 408 g/mol. The fraction of sp³-hybridized carbons (Fsp3) is 0.235. The SMILES string of the molecule is O=C(Nc1ccc(N2CCCCS2(=O)=O)cc1)c1cccc(Br)c1. The summed E-state index contributed by atoms with van der Waals surface area (Å²) in [5.41, 5.74) is 1.81. The van der Waals surface area contributed by atoms with Crippen molar-refractivity contribution in [3.63, 3.8) is 0 Å². The Balaban J connectivity index is 1.74. The number of carbonyl (C=O) groups excluding carboxylic acids is 1. The number of carbonyl (C=O) groups is 1. The summed E-state index contributed by atoms with van der Waals surface area (Å²) in [5, 5.41) is 2.81. The van der Waals surface area contributed by atoms with Crippen molar-refractivity contribution in [3.05, 3.63) is 58.6 Å². The average molecular weight is 409 g/mol. The largest absolute Gasteiger partial charge is 0.322 e. The zero-order valence-corrected chi connectivity index (χ0v) is 15.3. The van der Waals surface area contributed by atoms with E-state index in [0.717, 1.165) is 10.9 Å². The predicted octanol–water partition coefficient (Wildman–Crippen LogP) is 3.63. The second kappa shape index (κ2) is 6.94. The number of hydrogen-bond acceptors (Lipinski definition) is 3. The molecule has 126 valence electrons. The standard InChI is InChI=1S/C17H17BrN2O3S/c18-14-5-3-4-13(12-14)17(21)19-15-6-8-16(9-7-15)20-10-1-2-11-24(20,22)23/h3-9,12H,1-2,10-11H2,(H,19,21). The fourth-order valence-corrected chi connectivity index (χ4v) is 4.66. The van der Waals surface area contributed by atoms with Gasteiger partial charge in [0.15, 0.2) is 0 Å². The summed E-state index contributed by atoms with van der Waals surface area (Å²) in [5.74, 6) is -0.0244. The predicted molar refractivity (Wildman–Crippen MR) is 98.9 cm³/mol. The number of rotatable bonds is 3. The molecule has 5 nitrogen and oxygen atoms in total. The Labute approximate surface area is 149 Å². The third kappa shape index (κ3) is 3.79. The number of amides is 1. The van der Waals surface area contributed by atoms with Crippen LogP contribution in [-0.2, 0) is 10.0 Å². The molecule has 1 aliphatic rings. The summed E-state index contributed by atoms with van der Waals surface area (Å²) in [6, 6.07) is 14.0. The van der Waals surface area contributed by atoms with Gasteiger partial charge in [0.25, 0.3) is 5.91 Å². The second-order valence-corrected chi connectivity index (χ2v) is 8.54.